The second-order valence-electron chi connectivity index (χ2n) is 9.58. The number of ether oxygens (including phenoxy) is 2. The zero-order chi connectivity index (χ0) is 30.0. The lowest BCUT2D eigenvalue weighted by Gasteiger charge is -2.23. The first-order valence-corrected chi connectivity index (χ1v) is 14.3. The van der Waals surface area contributed by atoms with Crippen LogP contribution < -0.4 is 5.32 Å². The smallest absolute Gasteiger partial charge is 0.416 e. The third-order valence-corrected chi connectivity index (χ3v) is 6.55. The summed E-state index contributed by atoms with van der Waals surface area (Å²) in [5.74, 6) is 0.291. The van der Waals surface area contributed by atoms with Crippen molar-refractivity contribution in [3.63, 3.8) is 0 Å². The zero-order valence-electron chi connectivity index (χ0n) is 24.6. The van der Waals surface area contributed by atoms with E-state index in [4.69, 9.17) is 4.74 Å². The van der Waals surface area contributed by atoms with Crippen LogP contribution in [0.3, 0.4) is 0 Å². The van der Waals surface area contributed by atoms with E-state index in [1.807, 2.05) is 0 Å². The van der Waals surface area contributed by atoms with Crippen LogP contribution in [0.4, 0.5) is 19.0 Å². The maximum atomic E-state index is 13.1. The summed E-state index contributed by atoms with van der Waals surface area (Å²) >= 11 is 0. The molecule has 7 nitrogen and oxygen atoms in total. The highest BCUT2D eigenvalue weighted by atomic mass is 19.4. The summed E-state index contributed by atoms with van der Waals surface area (Å²) in [4.78, 5) is 9.18. The van der Waals surface area contributed by atoms with E-state index in [9.17, 15) is 23.1 Å². The number of halogens is 3. The molecule has 0 saturated carbocycles. The van der Waals surface area contributed by atoms with Gasteiger partial charge in [-0.05, 0) is 69.2 Å². The highest BCUT2D eigenvalue weighted by molar-refractivity contribution is 5.73. The van der Waals surface area contributed by atoms with Gasteiger partial charge >= 0.3 is 6.18 Å². The second-order valence-corrected chi connectivity index (χ2v) is 9.58. The van der Waals surface area contributed by atoms with Gasteiger partial charge in [-0.3, -0.25) is 4.79 Å². The third kappa shape index (κ3) is 11.7. The molecule has 0 unspecified atom stereocenters. The Kier molecular flexibility index (Phi) is 16.9. The van der Waals surface area contributed by atoms with Gasteiger partial charge in [0.1, 0.15) is 11.4 Å². The highest BCUT2D eigenvalue weighted by Crippen LogP contribution is 2.39. The van der Waals surface area contributed by atoms with Crippen LogP contribution >= 0.6 is 0 Å². The van der Waals surface area contributed by atoms with Gasteiger partial charge in [0, 0.05) is 30.9 Å². The molecule has 2 N–H and O–H groups in total. The number of nitrogens with one attached hydrogen (secondary N) is 1. The molecule has 2 rings (SSSR count). The van der Waals surface area contributed by atoms with Gasteiger partial charge in [-0.1, -0.05) is 46.5 Å². The van der Waals surface area contributed by atoms with E-state index < -0.39 is 17.5 Å². The zero-order valence-corrected chi connectivity index (χ0v) is 24.6. The van der Waals surface area contributed by atoms with Gasteiger partial charge in [-0.25, -0.2) is 0 Å². The summed E-state index contributed by atoms with van der Waals surface area (Å²) in [5.41, 5.74) is 1.74. The number of aromatic hydroxyl groups is 1. The van der Waals surface area contributed by atoms with E-state index in [1.54, 1.807) is 14.0 Å². The number of rotatable bonds is 17. The Labute approximate surface area is 236 Å². The van der Waals surface area contributed by atoms with Crippen LogP contribution in [0.15, 0.2) is 18.2 Å². The number of carbonyl (C=O) groups is 1. The molecule has 0 aliphatic carbocycles. The Hall–Kier alpha value is -2.88. The van der Waals surface area contributed by atoms with Crippen LogP contribution in [0.25, 0.3) is 11.3 Å². The number of aromatic nitrogens is 2. The lowest BCUT2D eigenvalue weighted by molar-refractivity contribution is -0.137. The van der Waals surface area contributed by atoms with Gasteiger partial charge in [-0.2, -0.15) is 13.2 Å². The third-order valence-electron chi connectivity index (χ3n) is 6.55. The molecule has 0 aliphatic heterocycles. The largest absolute Gasteiger partial charge is 0.507 e. The summed E-state index contributed by atoms with van der Waals surface area (Å²) in [7, 11) is 1.64. The average molecular weight is 570 g/mol. The number of nitrogens with zero attached hydrogens (tertiary/aromatic N) is 2. The summed E-state index contributed by atoms with van der Waals surface area (Å²) in [6, 6.07) is 3.30. The molecule has 0 spiro atoms. The molecule has 1 aromatic heterocycles. The van der Waals surface area contributed by atoms with Crippen molar-refractivity contribution in [2.45, 2.75) is 104 Å². The van der Waals surface area contributed by atoms with Crippen LogP contribution in [0, 0.1) is 0 Å². The number of hydrogen-bond donors (Lipinski definition) is 2. The van der Waals surface area contributed by atoms with Crippen molar-refractivity contribution in [3.8, 4) is 17.0 Å². The standard InChI is InChI=1S/C27H40F3N3O2.C3H6O2/c1-5-8-10-12-20(7-3)31-26-22(13-9-6-2)21(14-11-17-35-4)25(32-33-26)23-16-15-19(18-24(23)34)27(28,29)30;1-2-5-3-4/h15-16,18,20,34H,5-14,17H2,1-4H3,(H,31,33);3H,2H2,1H3/t20-;/m0./s1. The van der Waals surface area contributed by atoms with Gasteiger partial charge in [0.25, 0.3) is 6.47 Å². The minimum Gasteiger partial charge on any atom is -0.507 e. The quantitative estimate of drug-likeness (QED) is 0.149. The molecule has 40 heavy (non-hydrogen) atoms. The van der Waals surface area contributed by atoms with Crippen LogP contribution in [-0.2, 0) is 33.3 Å². The molecule has 0 saturated heterocycles. The fourth-order valence-electron chi connectivity index (χ4n) is 4.31. The van der Waals surface area contributed by atoms with Crippen molar-refractivity contribution in [2.75, 3.05) is 25.6 Å². The number of benzene rings is 1. The normalized spacial score (nSPS) is 11.9. The molecule has 0 aliphatic rings. The number of phenolic OH excluding ortho intramolecular Hbond substituents is 1. The molecule has 0 amide bonds. The number of anilines is 1. The number of unbranched alkanes of at least 4 members (excludes halogenated alkanes) is 3. The van der Waals surface area contributed by atoms with Crippen LogP contribution in [0.1, 0.15) is 95.8 Å². The molecule has 1 heterocycles. The molecule has 0 bridgehead atoms. The maximum Gasteiger partial charge on any atom is 0.416 e. The lowest BCUT2D eigenvalue weighted by Crippen LogP contribution is -2.22. The Balaban J connectivity index is 0.00000146. The van der Waals surface area contributed by atoms with Gasteiger partial charge in [0.2, 0.25) is 0 Å². The predicted molar refractivity (Wildman–Crippen MR) is 152 cm³/mol. The summed E-state index contributed by atoms with van der Waals surface area (Å²) < 4.78 is 48.8. The van der Waals surface area contributed by atoms with Crippen molar-refractivity contribution >= 4 is 12.3 Å². The summed E-state index contributed by atoms with van der Waals surface area (Å²) in [6.07, 6.45) is 5.01. The molecule has 2 aromatic rings. The predicted octanol–water partition coefficient (Wildman–Crippen LogP) is 7.74. The first-order chi connectivity index (χ1) is 19.2. The highest BCUT2D eigenvalue weighted by Gasteiger charge is 2.31. The van der Waals surface area contributed by atoms with Crippen molar-refractivity contribution in [1.29, 1.82) is 0 Å². The topological polar surface area (TPSA) is 93.6 Å². The van der Waals surface area contributed by atoms with E-state index >= 15 is 0 Å². The summed E-state index contributed by atoms with van der Waals surface area (Å²) in [5, 5.41) is 23.1. The monoisotopic (exact) mass is 569 g/mol. The first kappa shape index (κ1) is 35.1. The van der Waals surface area contributed by atoms with Gasteiger partial charge < -0.3 is 19.9 Å². The van der Waals surface area contributed by atoms with Crippen LogP contribution in [0.5, 0.6) is 5.75 Å². The molecule has 1 aromatic carbocycles. The second kappa shape index (κ2) is 19.2. The molecular weight excluding hydrogens is 523 g/mol. The molecule has 0 fully saturated rings. The molecule has 0 radical (unpaired) electrons. The number of phenols is 1. The SMILES string of the molecule is CCCCC[C@H](CC)Nc1nnc(-c2ccc(C(F)(F)F)cc2O)c(CCCOC)c1CCCC.CCOC=O. The van der Waals surface area contributed by atoms with Crippen LogP contribution in [-0.4, -0.2) is 48.1 Å². The van der Waals surface area contributed by atoms with E-state index in [2.05, 4.69) is 41.0 Å². The van der Waals surface area contributed by atoms with E-state index in [0.717, 1.165) is 80.4 Å². The van der Waals surface area contributed by atoms with Gasteiger partial charge in [0.15, 0.2) is 5.82 Å². The number of carbonyl (C=O) groups excluding carboxylic acids is 1. The van der Waals surface area contributed by atoms with Crippen molar-refractivity contribution in [3.05, 3.63) is 34.9 Å². The Morgan fingerprint density at radius 1 is 1.00 bits per heavy atom. The average Bonchev–Trinajstić information content (AvgIpc) is 2.92. The number of methoxy groups -OCH3 is 1. The minimum absolute atomic E-state index is 0.261. The van der Waals surface area contributed by atoms with Crippen molar-refractivity contribution in [2.24, 2.45) is 0 Å². The number of alkyl halides is 3. The van der Waals surface area contributed by atoms with E-state index in [1.165, 1.54) is 12.5 Å². The summed E-state index contributed by atoms with van der Waals surface area (Å²) in [6.45, 7) is 9.67. The fourth-order valence-corrected chi connectivity index (χ4v) is 4.31. The van der Waals surface area contributed by atoms with Gasteiger partial charge in [0.05, 0.1) is 12.2 Å². The van der Waals surface area contributed by atoms with Crippen molar-refractivity contribution < 1.29 is 32.5 Å². The molecular formula is C30H46F3N3O4. The maximum absolute atomic E-state index is 13.1. The Morgan fingerprint density at radius 2 is 1.70 bits per heavy atom. The van der Waals surface area contributed by atoms with Crippen LogP contribution in [0.2, 0.25) is 0 Å². The molecule has 226 valence electrons. The van der Waals surface area contributed by atoms with Crippen molar-refractivity contribution in [1.82, 2.24) is 10.2 Å². The fraction of sp³-hybridized carbons (Fsp3) is 0.633. The van der Waals surface area contributed by atoms with E-state index in [0.29, 0.717) is 31.8 Å². The first-order valence-electron chi connectivity index (χ1n) is 14.3. The van der Waals surface area contributed by atoms with Gasteiger partial charge in [-0.15, -0.1) is 10.2 Å². The number of hydrogen-bond acceptors (Lipinski definition) is 7. The van der Waals surface area contributed by atoms with E-state index in [-0.39, 0.29) is 11.6 Å². The molecule has 1 atom stereocenters. The molecule has 10 heteroatoms. The Bertz CT molecular complexity index is 1000. The minimum atomic E-state index is -4.53. The lowest BCUT2D eigenvalue weighted by atomic mass is 9.93. The Morgan fingerprint density at radius 3 is 2.23 bits per heavy atom.